The number of benzene rings is 1. The molecule has 3 heterocycles. The summed E-state index contributed by atoms with van der Waals surface area (Å²) < 4.78 is 2.37. The number of likely N-dealkylation sites (N-methyl/N-ethyl adjacent to an activating group) is 1. The molecule has 1 saturated heterocycles. The third-order valence-corrected chi connectivity index (χ3v) is 7.81. The third-order valence-electron chi connectivity index (χ3n) is 7.81. The number of fused-ring (bicyclic) bond motifs is 2. The minimum Gasteiger partial charge on any atom is -0.369 e. The number of carbonyl (C=O) groups is 1. The van der Waals surface area contributed by atoms with E-state index >= 15 is 0 Å². The van der Waals surface area contributed by atoms with Crippen molar-refractivity contribution in [2.24, 2.45) is 11.1 Å². The highest BCUT2D eigenvalue weighted by atomic mass is 16.1. The van der Waals surface area contributed by atoms with Gasteiger partial charge in [-0.15, -0.1) is 0 Å². The molecule has 5 rings (SSSR count). The average Bonchev–Trinajstić information content (AvgIpc) is 3.17. The van der Waals surface area contributed by atoms with Gasteiger partial charge in [0.15, 0.2) is 0 Å². The Balaban J connectivity index is 1.55. The van der Waals surface area contributed by atoms with Gasteiger partial charge in [0.1, 0.15) is 0 Å². The number of nitrogens with zero attached hydrogens (tertiary/aromatic N) is 3. The van der Waals surface area contributed by atoms with E-state index in [1.165, 1.54) is 27.6 Å². The van der Waals surface area contributed by atoms with Gasteiger partial charge < -0.3 is 10.3 Å². The van der Waals surface area contributed by atoms with Crippen molar-refractivity contribution in [2.45, 2.75) is 58.0 Å². The van der Waals surface area contributed by atoms with Crippen LogP contribution in [-0.4, -0.2) is 39.5 Å². The molecule has 5 nitrogen and oxygen atoms in total. The maximum Gasteiger partial charge on any atom is 0.224 e. The van der Waals surface area contributed by atoms with Crippen LogP contribution in [-0.2, 0) is 24.2 Å². The van der Waals surface area contributed by atoms with E-state index in [0.29, 0.717) is 12.0 Å². The van der Waals surface area contributed by atoms with Gasteiger partial charge in [0.2, 0.25) is 5.91 Å². The van der Waals surface area contributed by atoms with Crippen LogP contribution >= 0.6 is 0 Å². The lowest BCUT2D eigenvalue weighted by Gasteiger charge is -2.51. The third kappa shape index (κ3) is 3.26. The first-order chi connectivity index (χ1) is 15.1. The van der Waals surface area contributed by atoms with Crippen LogP contribution in [0.25, 0.3) is 10.9 Å². The lowest BCUT2D eigenvalue weighted by atomic mass is 9.64. The fourth-order valence-electron chi connectivity index (χ4n) is 6.15. The fourth-order valence-corrected chi connectivity index (χ4v) is 6.15. The molecular formula is C26H32N4O. The molecule has 0 spiro atoms. The number of amides is 1. The zero-order chi connectivity index (χ0) is 21.6. The van der Waals surface area contributed by atoms with Gasteiger partial charge in [0, 0.05) is 54.5 Å². The largest absolute Gasteiger partial charge is 0.369 e. The van der Waals surface area contributed by atoms with Crippen molar-refractivity contribution in [1.82, 2.24) is 14.5 Å². The summed E-state index contributed by atoms with van der Waals surface area (Å²) in [6, 6.07) is 11.2. The molecule has 0 radical (unpaired) electrons. The van der Waals surface area contributed by atoms with E-state index in [-0.39, 0.29) is 5.91 Å². The Kier molecular flexibility index (Phi) is 5.09. The summed E-state index contributed by atoms with van der Waals surface area (Å²) >= 11 is 0. The maximum absolute atomic E-state index is 13.0. The first-order valence-corrected chi connectivity index (χ1v) is 11.6. The molecule has 1 amide bonds. The molecule has 3 atom stereocenters. The second-order valence-corrected chi connectivity index (χ2v) is 9.33. The molecule has 5 heteroatoms. The topological polar surface area (TPSA) is 64.2 Å². The number of piperidine rings is 1. The van der Waals surface area contributed by atoms with Crippen molar-refractivity contribution in [2.75, 3.05) is 13.1 Å². The van der Waals surface area contributed by atoms with Gasteiger partial charge in [-0.25, -0.2) is 0 Å². The Morgan fingerprint density at radius 2 is 2.00 bits per heavy atom. The summed E-state index contributed by atoms with van der Waals surface area (Å²) in [5.41, 5.74) is 11.0. The Hall–Kier alpha value is -2.66. The van der Waals surface area contributed by atoms with E-state index in [9.17, 15) is 4.79 Å². The summed E-state index contributed by atoms with van der Waals surface area (Å²) in [4.78, 5) is 19.6. The first-order valence-electron chi connectivity index (χ1n) is 11.6. The van der Waals surface area contributed by atoms with Crippen molar-refractivity contribution in [3.05, 3.63) is 65.6 Å². The number of rotatable bonds is 6. The number of aromatic nitrogens is 2. The number of primary amides is 1. The van der Waals surface area contributed by atoms with Crippen molar-refractivity contribution >= 4 is 16.8 Å². The van der Waals surface area contributed by atoms with E-state index < -0.39 is 5.41 Å². The number of carbonyl (C=O) groups excluding carboxylic acids is 1. The minimum absolute atomic E-state index is 0.150. The first kappa shape index (κ1) is 20.3. The highest BCUT2D eigenvalue weighted by Crippen LogP contribution is 2.50. The van der Waals surface area contributed by atoms with Crippen LogP contribution in [0.3, 0.4) is 0 Å². The lowest BCUT2D eigenvalue weighted by molar-refractivity contribution is -0.133. The molecule has 0 saturated carbocycles. The van der Waals surface area contributed by atoms with Gasteiger partial charge in [0.05, 0.1) is 5.41 Å². The Morgan fingerprint density at radius 3 is 2.71 bits per heavy atom. The molecule has 2 aromatic heterocycles. The maximum atomic E-state index is 13.0. The Labute approximate surface area is 184 Å². The summed E-state index contributed by atoms with van der Waals surface area (Å²) in [5.74, 6) is 0.185. The fraction of sp³-hybridized carbons (Fsp3) is 0.462. The molecule has 3 aromatic rings. The molecule has 2 aliphatic rings. The smallest absolute Gasteiger partial charge is 0.224 e. The molecule has 31 heavy (non-hydrogen) atoms. The number of likely N-dealkylation sites (tertiary alicyclic amines) is 1. The summed E-state index contributed by atoms with van der Waals surface area (Å²) in [6.45, 7) is 7.08. The molecule has 0 bridgehead atoms. The Bertz CT molecular complexity index is 1110. The highest BCUT2D eigenvalue weighted by molar-refractivity contribution is 5.89. The van der Waals surface area contributed by atoms with E-state index in [2.05, 4.69) is 52.7 Å². The molecule has 162 valence electrons. The molecule has 2 N–H and O–H groups in total. The van der Waals surface area contributed by atoms with Gasteiger partial charge in [-0.05, 0) is 74.0 Å². The monoisotopic (exact) mass is 416 g/mol. The van der Waals surface area contributed by atoms with Crippen molar-refractivity contribution in [1.29, 1.82) is 0 Å². The number of hydrogen-bond acceptors (Lipinski definition) is 3. The van der Waals surface area contributed by atoms with E-state index in [1.54, 1.807) is 0 Å². The SMILES string of the molecule is CCN1CC(CCc2ccncc2)(C(N)=O)C[C@@H]2c3cccc4c3c(cn4CC)C[C@H]21. The van der Waals surface area contributed by atoms with Gasteiger partial charge in [0.25, 0.3) is 0 Å². The van der Waals surface area contributed by atoms with Gasteiger partial charge in [-0.1, -0.05) is 19.1 Å². The van der Waals surface area contributed by atoms with Gasteiger partial charge >= 0.3 is 0 Å². The van der Waals surface area contributed by atoms with Crippen molar-refractivity contribution in [3.63, 3.8) is 0 Å². The number of aryl methyl sites for hydroxylation is 2. The van der Waals surface area contributed by atoms with E-state index in [0.717, 1.165) is 45.3 Å². The normalized spacial score (nSPS) is 25.5. The average molecular weight is 417 g/mol. The van der Waals surface area contributed by atoms with Gasteiger partial charge in [-0.2, -0.15) is 0 Å². The standard InChI is InChI=1S/C26H32N4O/c1-3-29-16-19-14-23-21(20-6-5-7-22(29)24(19)20)15-26(25(27)31,17-30(23)4-2)11-8-18-9-12-28-13-10-18/h5-7,9-10,12-13,16,21,23H,3-4,8,11,14-15,17H2,1-2H3,(H2,27,31)/t21-,23-,26?/m1/s1. The van der Waals surface area contributed by atoms with Crippen molar-refractivity contribution in [3.8, 4) is 0 Å². The second-order valence-electron chi connectivity index (χ2n) is 9.33. The predicted octanol–water partition coefficient (Wildman–Crippen LogP) is 3.89. The summed E-state index contributed by atoms with van der Waals surface area (Å²) in [6.07, 6.45) is 9.51. The van der Waals surface area contributed by atoms with Crippen LogP contribution in [0, 0.1) is 5.41 Å². The summed E-state index contributed by atoms with van der Waals surface area (Å²) in [7, 11) is 0. The zero-order valence-electron chi connectivity index (χ0n) is 18.6. The van der Waals surface area contributed by atoms with Crippen molar-refractivity contribution < 1.29 is 4.79 Å². The second kappa shape index (κ2) is 7.79. The van der Waals surface area contributed by atoms with Crippen LogP contribution in [0.4, 0.5) is 0 Å². The Morgan fingerprint density at radius 1 is 1.19 bits per heavy atom. The molecule has 1 aliphatic heterocycles. The van der Waals surface area contributed by atoms with E-state index in [1.807, 2.05) is 24.5 Å². The number of pyridine rings is 1. The molecule has 1 unspecified atom stereocenters. The van der Waals surface area contributed by atoms with Gasteiger partial charge in [-0.3, -0.25) is 14.7 Å². The van der Waals surface area contributed by atoms with Crippen LogP contribution in [0.5, 0.6) is 0 Å². The molecule has 1 fully saturated rings. The van der Waals surface area contributed by atoms with Crippen LogP contribution in [0.2, 0.25) is 0 Å². The highest BCUT2D eigenvalue weighted by Gasteiger charge is 2.49. The number of nitrogens with two attached hydrogens (primary N) is 1. The van der Waals surface area contributed by atoms with Crippen LogP contribution in [0.1, 0.15) is 49.3 Å². The predicted molar refractivity (Wildman–Crippen MR) is 124 cm³/mol. The number of hydrogen-bond donors (Lipinski definition) is 1. The molecule has 1 aromatic carbocycles. The lowest BCUT2D eigenvalue weighted by Crippen LogP contribution is -2.58. The van der Waals surface area contributed by atoms with E-state index in [4.69, 9.17) is 5.73 Å². The minimum atomic E-state index is -0.507. The molecular weight excluding hydrogens is 384 g/mol. The van der Waals surface area contributed by atoms with Crippen LogP contribution < -0.4 is 5.73 Å². The van der Waals surface area contributed by atoms with Crippen LogP contribution in [0.15, 0.2) is 48.9 Å². The summed E-state index contributed by atoms with van der Waals surface area (Å²) in [5, 5.41) is 1.41. The zero-order valence-corrected chi connectivity index (χ0v) is 18.6. The molecule has 1 aliphatic carbocycles. The quantitative estimate of drug-likeness (QED) is 0.663.